The maximum absolute atomic E-state index is 11.7. The van der Waals surface area contributed by atoms with Crippen LogP contribution in [0.25, 0.3) is 0 Å². The summed E-state index contributed by atoms with van der Waals surface area (Å²) in [5.41, 5.74) is 2.61. The molecule has 2 aliphatic carbocycles. The molecule has 4 nitrogen and oxygen atoms in total. The molecule has 20 heavy (non-hydrogen) atoms. The molecule has 0 spiro atoms. The molecule has 1 N–H and O–H groups in total. The quantitative estimate of drug-likeness (QED) is 0.855. The second-order valence-corrected chi connectivity index (χ2v) is 5.54. The fourth-order valence-corrected chi connectivity index (χ4v) is 2.60. The molecule has 0 aromatic carbocycles. The van der Waals surface area contributed by atoms with E-state index in [2.05, 4.69) is 17.2 Å². The van der Waals surface area contributed by atoms with Gasteiger partial charge >= 0.3 is 0 Å². The van der Waals surface area contributed by atoms with E-state index in [0.717, 1.165) is 37.0 Å². The van der Waals surface area contributed by atoms with Gasteiger partial charge in [0.2, 0.25) is 11.8 Å². The molecule has 0 radical (unpaired) electrons. The Kier molecular flexibility index (Phi) is 3.38. The normalized spacial score (nSPS) is 26.8. The van der Waals surface area contributed by atoms with E-state index in [1.54, 1.807) is 6.08 Å². The Morgan fingerprint density at radius 3 is 2.90 bits per heavy atom. The predicted octanol–water partition coefficient (Wildman–Crippen LogP) is 2.29. The number of allylic oxidation sites excluding steroid dienone is 3. The number of hydrogen-bond acceptors (Lipinski definition) is 2. The molecule has 1 fully saturated rings. The van der Waals surface area contributed by atoms with E-state index >= 15 is 0 Å². The molecule has 4 heteroatoms. The van der Waals surface area contributed by atoms with Crippen molar-refractivity contribution < 1.29 is 9.59 Å². The van der Waals surface area contributed by atoms with Crippen LogP contribution in [0.3, 0.4) is 0 Å². The number of hydrogen-bond donors (Lipinski definition) is 1. The number of carbonyl (C=O) groups is 2. The largest absolute Gasteiger partial charge is 0.325 e. The Labute approximate surface area is 118 Å². The molecule has 0 aromatic rings. The van der Waals surface area contributed by atoms with E-state index in [1.807, 2.05) is 18.2 Å². The summed E-state index contributed by atoms with van der Waals surface area (Å²) in [6.45, 7) is 2.10. The molecule has 3 aliphatic rings. The van der Waals surface area contributed by atoms with Gasteiger partial charge in [-0.05, 0) is 31.4 Å². The minimum atomic E-state index is -0.0841. The number of fused-ring (bicyclic) bond motifs is 1. The molecule has 1 unspecified atom stereocenters. The van der Waals surface area contributed by atoms with Crippen molar-refractivity contribution in [1.29, 1.82) is 0 Å². The smallest absolute Gasteiger partial charge is 0.249 e. The summed E-state index contributed by atoms with van der Waals surface area (Å²) in [6, 6.07) is 0. The van der Waals surface area contributed by atoms with Gasteiger partial charge in [-0.15, -0.1) is 0 Å². The number of aliphatic imine (C=N–C) groups is 1. The molecular formula is C16H18N2O2. The van der Waals surface area contributed by atoms with Crippen molar-refractivity contribution in [3.05, 3.63) is 35.6 Å². The van der Waals surface area contributed by atoms with Crippen LogP contribution in [0.4, 0.5) is 0 Å². The zero-order valence-electron chi connectivity index (χ0n) is 11.6. The summed E-state index contributed by atoms with van der Waals surface area (Å²) < 4.78 is 0. The van der Waals surface area contributed by atoms with Gasteiger partial charge in [0.25, 0.3) is 0 Å². The second-order valence-electron chi connectivity index (χ2n) is 5.54. The first-order chi connectivity index (χ1) is 9.67. The van der Waals surface area contributed by atoms with Gasteiger partial charge in [0.05, 0.1) is 5.71 Å². The number of rotatable bonds is 3. The monoisotopic (exact) mass is 270 g/mol. The van der Waals surface area contributed by atoms with Crippen LogP contribution in [0, 0.1) is 11.8 Å². The van der Waals surface area contributed by atoms with Gasteiger partial charge in [0, 0.05) is 23.6 Å². The molecule has 0 bridgehead atoms. The third-order valence-corrected chi connectivity index (χ3v) is 3.79. The lowest BCUT2D eigenvalue weighted by molar-refractivity contribution is -0.119. The molecule has 0 saturated heterocycles. The number of amides is 2. The highest BCUT2D eigenvalue weighted by Crippen LogP contribution is 2.32. The van der Waals surface area contributed by atoms with Gasteiger partial charge in [-0.3, -0.25) is 9.59 Å². The van der Waals surface area contributed by atoms with Crippen LogP contribution in [-0.4, -0.2) is 17.5 Å². The summed E-state index contributed by atoms with van der Waals surface area (Å²) in [5, 5.41) is 2.86. The van der Waals surface area contributed by atoms with Crippen LogP contribution >= 0.6 is 0 Å². The molecule has 3 rings (SSSR count). The summed E-state index contributed by atoms with van der Waals surface area (Å²) in [5.74, 6) is 0.136. The standard InChI is InChI=1S/C16H18N2O2/c1-2-3-11-8-15(19)18-14-9-12(6-7-13(11)14)17-16(20)10-4-5-10/h6-10,13H,2-5H2,1H3,(H,18,19). The molecule has 104 valence electrons. The molecule has 1 aliphatic heterocycles. The third kappa shape index (κ3) is 2.64. The fourth-order valence-electron chi connectivity index (χ4n) is 2.60. The zero-order valence-corrected chi connectivity index (χ0v) is 11.6. The van der Waals surface area contributed by atoms with Gasteiger partial charge in [-0.2, -0.15) is 0 Å². The van der Waals surface area contributed by atoms with Crippen LogP contribution in [-0.2, 0) is 9.59 Å². The third-order valence-electron chi connectivity index (χ3n) is 3.79. The number of carbonyl (C=O) groups excluding carboxylic acids is 2. The summed E-state index contributed by atoms with van der Waals surface area (Å²) in [4.78, 5) is 27.5. The van der Waals surface area contributed by atoms with Gasteiger partial charge in [0.15, 0.2) is 0 Å². The first-order valence-corrected chi connectivity index (χ1v) is 7.21. The van der Waals surface area contributed by atoms with Gasteiger partial charge in [-0.25, -0.2) is 4.99 Å². The summed E-state index contributed by atoms with van der Waals surface area (Å²) in [6.07, 6.45) is 11.3. The lowest BCUT2D eigenvalue weighted by Crippen LogP contribution is -2.33. The van der Waals surface area contributed by atoms with E-state index in [1.165, 1.54) is 0 Å². The Morgan fingerprint density at radius 2 is 2.20 bits per heavy atom. The molecule has 1 saturated carbocycles. The molecule has 1 heterocycles. The van der Waals surface area contributed by atoms with E-state index in [0.29, 0.717) is 5.71 Å². The van der Waals surface area contributed by atoms with E-state index in [4.69, 9.17) is 0 Å². The van der Waals surface area contributed by atoms with Crippen molar-refractivity contribution in [2.75, 3.05) is 0 Å². The van der Waals surface area contributed by atoms with Gasteiger partial charge in [0.1, 0.15) is 0 Å². The highest BCUT2D eigenvalue weighted by Gasteiger charge is 2.30. The SMILES string of the molecule is CCCC1=CC(=O)NC2=CC(=NC(=O)C3CC3)C=CC12. The lowest BCUT2D eigenvalue weighted by atomic mass is 9.85. The maximum atomic E-state index is 11.7. The van der Waals surface area contributed by atoms with Crippen molar-refractivity contribution in [3.63, 3.8) is 0 Å². The Bertz CT molecular complexity index is 577. The number of nitrogens with zero attached hydrogens (tertiary/aromatic N) is 1. The topological polar surface area (TPSA) is 58.5 Å². The average molecular weight is 270 g/mol. The van der Waals surface area contributed by atoms with E-state index in [9.17, 15) is 9.59 Å². The Hall–Kier alpha value is -1.97. The molecule has 1 atom stereocenters. The van der Waals surface area contributed by atoms with Crippen molar-refractivity contribution in [2.45, 2.75) is 32.6 Å². The molecular weight excluding hydrogens is 252 g/mol. The lowest BCUT2D eigenvalue weighted by Gasteiger charge is -2.27. The maximum Gasteiger partial charge on any atom is 0.249 e. The van der Waals surface area contributed by atoms with Crippen LogP contribution in [0.5, 0.6) is 0 Å². The van der Waals surface area contributed by atoms with E-state index < -0.39 is 0 Å². The minimum absolute atomic E-state index is 0.0357. The average Bonchev–Trinajstić information content (AvgIpc) is 3.22. The van der Waals surface area contributed by atoms with Crippen LogP contribution < -0.4 is 5.32 Å². The van der Waals surface area contributed by atoms with Crippen LogP contribution in [0.1, 0.15) is 32.6 Å². The summed E-state index contributed by atoms with van der Waals surface area (Å²) >= 11 is 0. The van der Waals surface area contributed by atoms with E-state index in [-0.39, 0.29) is 23.7 Å². The second kappa shape index (κ2) is 5.19. The van der Waals surface area contributed by atoms with Crippen LogP contribution in [0.15, 0.2) is 40.6 Å². The fraction of sp³-hybridized carbons (Fsp3) is 0.438. The highest BCUT2D eigenvalue weighted by atomic mass is 16.2. The Morgan fingerprint density at radius 1 is 1.40 bits per heavy atom. The minimum Gasteiger partial charge on any atom is -0.325 e. The molecule has 0 aromatic heterocycles. The van der Waals surface area contributed by atoms with Crippen molar-refractivity contribution in [2.24, 2.45) is 16.8 Å². The van der Waals surface area contributed by atoms with Gasteiger partial charge in [-0.1, -0.05) is 25.0 Å². The predicted molar refractivity (Wildman–Crippen MR) is 77.0 cm³/mol. The molecule has 2 amide bonds. The van der Waals surface area contributed by atoms with Crippen molar-refractivity contribution in [1.82, 2.24) is 5.32 Å². The van der Waals surface area contributed by atoms with Crippen LogP contribution in [0.2, 0.25) is 0 Å². The first kappa shape index (κ1) is 13.0. The van der Waals surface area contributed by atoms with Crippen molar-refractivity contribution >= 4 is 17.5 Å². The Balaban J connectivity index is 1.83. The summed E-state index contributed by atoms with van der Waals surface area (Å²) in [7, 11) is 0. The zero-order chi connectivity index (χ0) is 14.1. The first-order valence-electron chi connectivity index (χ1n) is 7.21. The van der Waals surface area contributed by atoms with Crippen molar-refractivity contribution in [3.8, 4) is 0 Å². The highest BCUT2D eigenvalue weighted by molar-refractivity contribution is 6.11. The number of nitrogens with one attached hydrogen (secondary N) is 1. The van der Waals surface area contributed by atoms with Gasteiger partial charge < -0.3 is 5.32 Å².